The van der Waals surface area contributed by atoms with Crippen LogP contribution in [-0.4, -0.2) is 43.3 Å². The van der Waals surface area contributed by atoms with Gasteiger partial charge in [0.25, 0.3) is 11.8 Å². The molecule has 6 nitrogen and oxygen atoms in total. The minimum absolute atomic E-state index is 0.123. The first-order valence-electron chi connectivity index (χ1n) is 9.37. The maximum atomic E-state index is 12.9. The lowest BCUT2D eigenvalue weighted by Gasteiger charge is -2.13. The van der Waals surface area contributed by atoms with E-state index < -0.39 is 0 Å². The maximum absolute atomic E-state index is 12.9. The minimum Gasteiger partial charge on any atom is -0.385 e. The van der Waals surface area contributed by atoms with Gasteiger partial charge in [0.1, 0.15) is 10.0 Å². The van der Waals surface area contributed by atoms with Crippen LogP contribution < -0.4 is 10.6 Å². The summed E-state index contributed by atoms with van der Waals surface area (Å²) in [4.78, 5) is 31.2. The van der Waals surface area contributed by atoms with E-state index >= 15 is 0 Å². The summed E-state index contributed by atoms with van der Waals surface area (Å²) in [5.41, 5.74) is 2.24. The fourth-order valence-corrected chi connectivity index (χ4v) is 5.13. The number of hydrogen-bond acceptors (Lipinski definition) is 6. The Labute approximate surface area is 173 Å². The van der Waals surface area contributed by atoms with Gasteiger partial charge in [0, 0.05) is 31.3 Å². The summed E-state index contributed by atoms with van der Waals surface area (Å²) >= 11 is 2.95. The summed E-state index contributed by atoms with van der Waals surface area (Å²) in [5, 5.41) is 7.26. The summed E-state index contributed by atoms with van der Waals surface area (Å²) in [6.07, 6.45) is 8.35. The number of anilines is 1. The zero-order valence-electron chi connectivity index (χ0n) is 16.2. The molecule has 2 aromatic heterocycles. The van der Waals surface area contributed by atoms with Crippen LogP contribution in [0, 0.1) is 0 Å². The van der Waals surface area contributed by atoms with Crippen LogP contribution in [0.5, 0.6) is 0 Å². The smallest absolute Gasteiger partial charge is 0.259 e. The average molecular weight is 420 g/mol. The van der Waals surface area contributed by atoms with Crippen LogP contribution in [0.4, 0.5) is 5.00 Å². The number of ether oxygens (including phenoxy) is 1. The van der Waals surface area contributed by atoms with Gasteiger partial charge in [-0.25, -0.2) is 4.98 Å². The van der Waals surface area contributed by atoms with E-state index in [-0.39, 0.29) is 11.8 Å². The molecule has 1 aliphatic carbocycles. The quantitative estimate of drug-likeness (QED) is 0.503. The lowest BCUT2D eigenvalue weighted by atomic mass is 9.95. The van der Waals surface area contributed by atoms with Gasteiger partial charge in [-0.3, -0.25) is 9.59 Å². The van der Waals surface area contributed by atoms with E-state index in [0.29, 0.717) is 34.3 Å². The zero-order chi connectivity index (χ0) is 19.9. The van der Waals surface area contributed by atoms with E-state index in [1.165, 1.54) is 28.0 Å². The number of nitrogens with zero attached hydrogens (tertiary/aromatic N) is 1. The molecule has 0 radical (unpaired) electrons. The lowest BCUT2D eigenvalue weighted by Crippen LogP contribution is -2.27. The highest BCUT2D eigenvalue weighted by atomic mass is 32.2. The molecule has 8 heteroatoms. The standard InChI is InChI=1S/C20H25N3O3S2/c1-26-12-6-11-21-18(25)16-13-7-3-4-9-15(13)28-20(16)23-17(24)14-8-5-10-22-19(14)27-2/h5,8,10H,3-4,6-7,9,11-12H2,1-2H3,(H,21,25)(H,23,24). The second kappa shape index (κ2) is 10.0. The van der Waals surface area contributed by atoms with Crippen molar-refractivity contribution in [1.82, 2.24) is 10.3 Å². The number of hydrogen-bond donors (Lipinski definition) is 2. The Morgan fingerprint density at radius 3 is 2.89 bits per heavy atom. The van der Waals surface area contributed by atoms with E-state index in [4.69, 9.17) is 4.74 Å². The van der Waals surface area contributed by atoms with Gasteiger partial charge in [-0.2, -0.15) is 0 Å². The Balaban J connectivity index is 1.84. The predicted molar refractivity (Wildman–Crippen MR) is 114 cm³/mol. The molecule has 0 unspecified atom stereocenters. The third kappa shape index (κ3) is 4.74. The number of aryl methyl sites for hydroxylation is 1. The Kier molecular flexibility index (Phi) is 7.47. The SMILES string of the molecule is COCCCNC(=O)c1c(NC(=O)c2cccnc2SC)sc2c1CCCC2. The number of pyridine rings is 1. The number of carbonyl (C=O) groups is 2. The van der Waals surface area contributed by atoms with Crippen molar-refractivity contribution in [3.63, 3.8) is 0 Å². The molecule has 0 spiro atoms. The molecule has 1 aliphatic rings. The Hall–Kier alpha value is -1.90. The van der Waals surface area contributed by atoms with Gasteiger partial charge in [-0.15, -0.1) is 23.1 Å². The van der Waals surface area contributed by atoms with Crippen molar-refractivity contribution in [2.45, 2.75) is 37.1 Å². The van der Waals surface area contributed by atoms with Crippen LogP contribution >= 0.6 is 23.1 Å². The third-order valence-corrected chi connectivity index (χ3v) is 6.56. The number of thioether (sulfide) groups is 1. The lowest BCUT2D eigenvalue weighted by molar-refractivity contribution is 0.0948. The first-order valence-corrected chi connectivity index (χ1v) is 11.4. The summed E-state index contributed by atoms with van der Waals surface area (Å²) < 4.78 is 5.04. The Morgan fingerprint density at radius 1 is 1.29 bits per heavy atom. The molecule has 0 bridgehead atoms. The first kappa shape index (κ1) is 20.8. The summed E-state index contributed by atoms with van der Waals surface area (Å²) in [6, 6.07) is 3.50. The summed E-state index contributed by atoms with van der Waals surface area (Å²) in [6.45, 7) is 1.15. The molecular formula is C20H25N3O3S2. The zero-order valence-corrected chi connectivity index (χ0v) is 17.8. The van der Waals surface area contributed by atoms with Crippen molar-refractivity contribution in [1.29, 1.82) is 0 Å². The van der Waals surface area contributed by atoms with E-state index in [1.807, 2.05) is 6.26 Å². The van der Waals surface area contributed by atoms with Crippen LogP contribution in [0.2, 0.25) is 0 Å². The number of rotatable bonds is 8. The molecule has 2 amide bonds. The number of nitrogens with one attached hydrogen (secondary N) is 2. The van der Waals surface area contributed by atoms with E-state index in [9.17, 15) is 9.59 Å². The summed E-state index contributed by atoms with van der Waals surface area (Å²) in [5.74, 6) is -0.355. The molecule has 2 N–H and O–H groups in total. The van der Waals surface area contributed by atoms with Gasteiger partial charge in [-0.05, 0) is 56.1 Å². The molecule has 0 saturated carbocycles. The molecule has 0 atom stereocenters. The van der Waals surface area contributed by atoms with Crippen molar-refractivity contribution in [3.8, 4) is 0 Å². The van der Waals surface area contributed by atoms with Crippen molar-refractivity contribution in [2.24, 2.45) is 0 Å². The maximum Gasteiger partial charge on any atom is 0.259 e. The molecule has 2 aromatic rings. The Morgan fingerprint density at radius 2 is 2.11 bits per heavy atom. The number of amides is 2. The molecule has 150 valence electrons. The molecule has 0 saturated heterocycles. The second-order valence-corrected chi connectivity index (χ2v) is 8.43. The second-order valence-electron chi connectivity index (χ2n) is 6.53. The van der Waals surface area contributed by atoms with E-state index in [2.05, 4.69) is 15.6 Å². The van der Waals surface area contributed by atoms with Crippen LogP contribution in [0.3, 0.4) is 0 Å². The van der Waals surface area contributed by atoms with Gasteiger partial charge >= 0.3 is 0 Å². The fourth-order valence-electron chi connectivity index (χ4n) is 3.30. The highest BCUT2D eigenvalue weighted by molar-refractivity contribution is 7.98. The Bertz CT molecular complexity index is 851. The van der Waals surface area contributed by atoms with Crippen LogP contribution in [0.25, 0.3) is 0 Å². The largest absolute Gasteiger partial charge is 0.385 e. The molecule has 3 rings (SSSR count). The number of fused-ring (bicyclic) bond motifs is 1. The van der Waals surface area contributed by atoms with E-state index in [0.717, 1.165) is 37.7 Å². The monoisotopic (exact) mass is 419 g/mol. The highest BCUT2D eigenvalue weighted by Gasteiger charge is 2.26. The highest BCUT2D eigenvalue weighted by Crippen LogP contribution is 2.38. The number of carbonyl (C=O) groups excluding carboxylic acids is 2. The molecular weight excluding hydrogens is 394 g/mol. The number of thiophene rings is 1. The fraction of sp³-hybridized carbons (Fsp3) is 0.450. The van der Waals surface area contributed by atoms with Gasteiger partial charge in [0.05, 0.1) is 11.1 Å². The average Bonchev–Trinajstić information content (AvgIpc) is 3.08. The summed E-state index contributed by atoms with van der Waals surface area (Å²) in [7, 11) is 1.64. The van der Waals surface area contributed by atoms with Gasteiger partial charge in [0.15, 0.2) is 0 Å². The van der Waals surface area contributed by atoms with Gasteiger partial charge < -0.3 is 15.4 Å². The van der Waals surface area contributed by atoms with Crippen molar-refractivity contribution >= 4 is 39.9 Å². The molecule has 28 heavy (non-hydrogen) atoms. The number of aromatic nitrogens is 1. The molecule has 0 fully saturated rings. The van der Waals surface area contributed by atoms with Crippen molar-refractivity contribution < 1.29 is 14.3 Å². The van der Waals surface area contributed by atoms with Crippen molar-refractivity contribution in [3.05, 3.63) is 39.9 Å². The molecule has 0 aromatic carbocycles. The number of methoxy groups -OCH3 is 1. The molecule has 0 aliphatic heterocycles. The minimum atomic E-state index is -0.232. The van der Waals surface area contributed by atoms with Crippen molar-refractivity contribution in [2.75, 3.05) is 31.8 Å². The van der Waals surface area contributed by atoms with Crippen LogP contribution in [0.15, 0.2) is 23.4 Å². The van der Waals surface area contributed by atoms with Gasteiger partial charge in [0.2, 0.25) is 0 Å². The topological polar surface area (TPSA) is 80.3 Å². The third-order valence-electron chi connectivity index (χ3n) is 4.65. The first-order chi connectivity index (χ1) is 13.7. The van der Waals surface area contributed by atoms with Crippen LogP contribution in [-0.2, 0) is 17.6 Å². The molecule has 2 heterocycles. The van der Waals surface area contributed by atoms with Gasteiger partial charge in [-0.1, -0.05) is 0 Å². The normalized spacial score (nSPS) is 13.1. The van der Waals surface area contributed by atoms with Crippen LogP contribution in [0.1, 0.15) is 50.4 Å². The van der Waals surface area contributed by atoms with E-state index in [1.54, 1.807) is 25.4 Å². The predicted octanol–water partition coefficient (Wildman–Crippen LogP) is 3.76.